The van der Waals surface area contributed by atoms with Crippen molar-refractivity contribution in [3.8, 4) is 5.75 Å². The summed E-state index contributed by atoms with van der Waals surface area (Å²) in [6.07, 6.45) is 0.728. The number of aromatic nitrogens is 2. The minimum Gasteiger partial charge on any atom is -0.483 e. The molecular formula is C13H17N3O2. The summed E-state index contributed by atoms with van der Waals surface area (Å²) >= 11 is 0. The Balaban J connectivity index is 2.05. The molecule has 18 heavy (non-hydrogen) atoms. The third-order valence-electron chi connectivity index (χ3n) is 2.60. The number of rotatable bonds is 5. The standard InChI is InChI=1S/C13H17N3O2/c1-3-12-15-16-13(18-12)8-17-11-5-4-9(2)6-10(11)7-14/h4-6H,3,7-8,14H2,1-2H3. The second-order valence-corrected chi connectivity index (χ2v) is 4.05. The van der Waals surface area contributed by atoms with Gasteiger partial charge in [-0.15, -0.1) is 10.2 Å². The fourth-order valence-corrected chi connectivity index (χ4v) is 1.64. The van der Waals surface area contributed by atoms with Crippen molar-refractivity contribution in [1.29, 1.82) is 0 Å². The molecule has 0 fully saturated rings. The van der Waals surface area contributed by atoms with E-state index in [1.54, 1.807) is 0 Å². The highest BCUT2D eigenvalue weighted by Gasteiger charge is 2.07. The van der Waals surface area contributed by atoms with Crippen LogP contribution in [0.2, 0.25) is 0 Å². The van der Waals surface area contributed by atoms with Gasteiger partial charge in [-0.25, -0.2) is 0 Å². The van der Waals surface area contributed by atoms with Crippen molar-refractivity contribution in [3.63, 3.8) is 0 Å². The van der Waals surface area contributed by atoms with Gasteiger partial charge in [-0.05, 0) is 13.0 Å². The minimum atomic E-state index is 0.267. The first-order valence-electron chi connectivity index (χ1n) is 5.96. The molecule has 5 heteroatoms. The Morgan fingerprint density at radius 3 is 2.72 bits per heavy atom. The van der Waals surface area contributed by atoms with E-state index in [1.807, 2.05) is 32.0 Å². The van der Waals surface area contributed by atoms with E-state index in [4.69, 9.17) is 14.9 Å². The van der Waals surface area contributed by atoms with Gasteiger partial charge < -0.3 is 14.9 Å². The molecule has 0 unspecified atom stereocenters. The molecule has 0 atom stereocenters. The molecular weight excluding hydrogens is 230 g/mol. The molecule has 1 aromatic carbocycles. The third-order valence-corrected chi connectivity index (χ3v) is 2.60. The minimum absolute atomic E-state index is 0.267. The maximum atomic E-state index is 5.68. The zero-order valence-electron chi connectivity index (χ0n) is 10.6. The van der Waals surface area contributed by atoms with Crippen LogP contribution in [-0.2, 0) is 19.6 Å². The monoisotopic (exact) mass is 247 g/mol. The van der Waals surface area contributed by atoms with E-state index in [9.17, 15) is 0 Å². The van der Waals surface area contributed by atoms with Gasteiger partial charge in [0, 0.05) is 18.5 Å². The van der Waals surface area contributed by atoms with Crippen LogP contribution < -0.4 is 10.5 Å². The van der Waals surface area contributed by atoms with Crippen LogP contribution >= 0.6 is 0 Å². The second-order valence-electron chi connectivity index (χ2n) is 4.05. The lowest BCUT2D eigenvalue weighted by molar-refractivity contribution is 0.257. The molecule has 96 valence electrons. The Bertz CT molecular complexity index is 523. The zero-order chi connectivity index (χ0) is 13.0. The van der Waals surface area contributed by atoms with Gasteiger partial charge in [0.15, 0.2) is 6.61 Å². The lowest BCUT2D eigenvalue weighted by atomic mass is 10.1. The van der Waals surface area contributed by atoms with Gasteiger partial charge in [0.1, 0.15) is 5.75 Å². The zero-order valence-corrected chi connectivity index (χ0v) is 10.6. The fraction of sp³-hybridized carbons (Fsp3) is 0.385. The van der Waals surface area contributed by atoms with Crippen LogP contribution in [0.1, 0.15) is 29.8 Å². The normalized spacial score (nSPS) is 10.6. The summed E-state index contributed by atoms with van der Waals surface area (Å²) in [4.78, 5) is 0. The molecule has 0 saturated carbocycles. The quantitative estimate of drug-likeness (QED) is 0.874. The first kappa shape index (κ1) is 12.6. The number of benzene rings is 1. The number of hydrogen-bond donors (Lipinski definition) is 1. The van der Waals surface area contributed by atoms with Crippen molar-refractivity contribution in [2.24, 2.45) is 5.73 Å². The molecule has 0 aliphatic rings. The summed E-state index contributed by atoms with van der Waals surface area (Å²) in [7, 11) is 0. The van der Waals surface area contributed by atoms with Crippen molar-refractivity contribution in [3.05, 3.63) is 41.1 Å². The van der Waals surface area contributed by atoms with Crippen LogP contribution in [0.25, 0.3) is 0 Å². The molecule has 2 N–H and O–H groups in total. The highest BCUT2D eigenvalue weighted by atomic mass is 16.5. The van der Waals surface area contributed by atoms with E-state index >= 15 is 0 Å². The summed E-state index contributed by atoms with van der Waals surface area (Å²) in [6.45, 7) is 4.70. The highest BCUT2D eigenvalue weighted by Crippen LogP contribution is 2.20. The van der Waals surface area contributed by atoms with E-state index in [1.165, 1.54) is 0 Å². The Morgan fingerprint density at radius 1 is 1.28 bits per heavy atom. The van der Waals surface area contributed by atoms with Gasteiger partial charge in [0.2, 0.25) is 5.89 Å². The highest BCUT2D eigenvalue weighted by molar-refractivity contribution is 5.36. The first-order valence-corrected chi connectivity index (χ1v) is 5.96. The van der Waals surface area contributed by atoms with Crippen molar-refractivity contribution in [2.45, 2.75) is 33.4 Å². The van der Waals surface area contributed by atoms with E-state index < -0.39 is 0 Å². The van der Waals surface area contributed by atoms with Crippen LogP contribution in [0.4, 0.5) is 0 Å². The second kappa shape index (κ2) is 5.64. The van der Waals surface area contributed by atoms with Gasteiger partial charge in [-0.1, -0.05) is 24.6 Å². The maximum absolute atomic E-state index is 5.68. The van der Waals surface area contributed by atoms with E-state index in [2.05, 4.69) is 10.2 Å². The Morgan fingerprint density at radius 2 is 2.06 bits per heavy atom. The Hall–Kier alpha value is -1.88. The van der Waals surface area contributed by atoms with Crippen molar-refractivity contribution in [2.75, 3.05) is 0 Å². The van der Waals surface area contributed by atoms with Crippen LogP contribution in [0.3, 0.4) is 0 Å². The predicted octanol–water partition coefficient (Wildman–Crippen LogP) is 1.98. The summed E-state index contributed by atoms with van der Waals surface area (Å²) in [6, 6.07) is 5.91. The number of hydrogen-bond acceptors (Lipinski definition) is 5. The molecule has 0 amide bonds. The van der Waals surface area contributed by atoms with Gasteiger partial charge in [-0.3, -0.25) is 0 Å². The molecule has 0 aliphatic heterocycles. The summed E-state index contributed by atoms with van der Waals surface area (Å²) in [5.41, 5.74) is 7.82. The molecule has 1 heterocycles. The van der Waals surface area contributed by atoms with Crippen LogP contribution in [0, 0.1) is 6.92 Å². The van der Waals surface area contributed by atoms with Gasteiger partial charge in [0.25, 0.3) is 5.89 Å². The predicted molar refractivity (Wildman–Crippen MR) is 67.1 cm³/mol. The molecule has 0 bridgehead atoms. The maximum Gasteiger partial charge on any atom is 0.253 e. The van der Waals surface area contributed by atoms with Gasteiger partial charge >= 0.3 is 0 Å². The van der Waals surface area contributed by atoms with Crippen LogP contribution in [0.15, 0.2) is 22.6 Å². The van der Waals surface area contributed by atoms with Crippen molar-refractivity contribution < 1.29 is 9.15 Å². The number of ether oxygens (including phenoxy) is 1. The first-order chi connectivity index (χ1) is 8.72. The van der Waals surface area contributed by atoms with Crippen LogP contribution in [-0.4, -0.2) is 10.2 Å². The Labute approximate surface area is 106 Å². The van der Waals surface area contributed by atoms with Crippen molar-refractivity contribution >= 4 is 0 Å². The molecule has 0 radical (unpaired) electrons. The Kier molecular flexibility index (Phi) is 3.94. The fourth-order valence-electron chi connectivity index (χ4n) is 1.64. The number of aryl methyl sites for hydroxylation is 2. The smallest absolute Gasteiger partial charge is 0.253 e. The topological polar surface area (TPSA) is 74.2 Å². The third kappa shape index (κ3) is 2.87. The molecule has 2 aromatic rings. The number of nitrogens with zero attached hydrogens (tertiary/aromatic N) is 2. The summed E-state index contributed by atoms with van der Waals surface area (Å²) < 4.78 is 11.0. The molecule has 0 saturated heterocycles. The SMILES string of the molecule is CCc1nnc(COc2ccc(C)cc2CN)o1. The molecule has 1 aromatic heterocycles. The molecule has 0 aliphatic carbocycles. The van der Waals surface area contributed by atoms with Crippen LogP contribution in [0.5, 0.6) is 5.75 Å². The van der Waals surface area contributed by atoms with Crippen molar-refractivity contribution in [1.82, 2.24) is 10.2 Å². The van der Waals surface area contributed by atoms with Gasteiger partial charge in [0.05, 0.1) is 0 Å². The molecule has 2 rings (SSSR count). The average molecular weight is 247 g/mol. The van der Waals surface area contributed by atoms with E-state index in [-0.39, 0.29) is 6.61 Å². The van der Waals surface area contributed by atoms with E-state index in [0.29, 0.717) is 18.3 Å². The summed E-state index contributed by atoms with van der Waals surface area (Å²) in [5, 5.41) is 7.78. The van der Waals surface area contributed by atoms with Gasteiger partial charge in [-0.2, -0.15) is 0 Å². The molecule has 5 nitrogen and oxygen atoms in total. The molecule has 0 spiro atoms. The lowest BCUT2D eigenvalue weighted by Crippen LogP contribution is -2.03. The van der Waals surface area contributed by atoms with E-state index in [0.717, 1.165) is 23.3 Å². The number of nitrogens with two attached hydrogens (primary N) is 1. The lowest BCUT2D eigenvalue weighted by Gasteiger charge is -2.09. The summed E-state index contributed by atoms with van der Waals surface area (Å²) in [5.74, 6) is 1.87. The largest absolute Gasteiger partial charge is 0.483 e. The average Bonchev–Trinajstić information content (AvgIpc) is 2.85.